The normalized spacial score (nSPS) is 14.8. The summed E-state index contributed by atoms with van der Waals surface area (Å²) in [6, 6.07) is 15.3. The quantitative estimate of drug-likeness (QED) is 0.237. The number of amides is 1. The van der Waals surface area contributed by atoms with Crippen molar-refractivity contribution in [1.29, 1.82) is 0 Å². The number of aliphatic carboxylic acids is 1. The number of hydrogen-bond donors (Lipinski definition) is 1. The average Bonchev–Trinajstić information content (AvgIpc) is 3.60. The largest absolute Gasteiger partial charge is 0.493 e. The Labute approximate surface area is 308 Å². The number of nitrogens with zero attached hydrogens (tertiary/aromatic N) is 4. The molecule has 2 heterocycles. The second-order valence-corrected chi connectivity index (χ2v) is 14.8. The number of carbonyl (C=O) groups excluding carboxylic acids is 1. The van der Waals surface area contributed by atoms with Gasteiger partial charge in [0, 0.05) is 62.5 Å². The summed E-state index contributed by atoms with van der Waals surface area (Å²) < 4.78 is 49.2. The molecule has 2 bridgehead atoms. The highest BCUT2D eigenvalue weighted by Crippen LogP contribution is 2.37. The minimum absolute atomic E-state index is 0.0907. The van der Waals surface area contributed by atoms with E-state index in [0.29, 0.717) is 81.5 Å². The van der Waals surface area contributed by atoms with Crippen LogP contribution in [0.2, 0.25) is 5.02 Å². The van der Waals surface area contributed by atoms with E-state index in [-0.39, 0.29) is 21.6 Å². The lowest BCUT2D eigenvalue weighted by Gasteiger charge is -2.26. The van der Waals surface area contributed by atoms with Crippen molar-refractivity contribution in [2.45, 2.75) is 37.2 Å². The van der Waals surface area contributed by atoms with E-state index in [0.717, 1.165) is 29.6 Å². The Balaban J connectivity index is 1.43. The lowest BCUT2D eigenvalue weighted by Crippen LogP contribution is -2.34. The van der Waals surface area contributed by atoms with Crippen LogP contribution in [0, 0.1) is 0 Å². The predicted octanol–water partition coefficient (Wildman–Crippen LogP) is 5.29. The number of ether oxygens (including phenoxy) is 4. The molecular formula is C37H43ClN4O9S. The Morgan fingerprint density at radius 3 is 2.46 bits per heavy atom. The molecular weight excluding hydrogens is 712 g/mol. The molecule has 1 amide bonds. The molecule has 278 valence electrons. The number of imidazole rings is 1. The standard InChI is InChI=1S/C37H43ClN4O9S/c1-48-31-11-10-27-23-32(31)50-19-7-15-42(37(45)28-8-6-9-29(22-28)52(3,46)47)14-5-4-13-40(17-18-41-16-12-39-36(27)41)24-26-20-30(38)35(33(21-26)49-2)51-25-34(43)44/h6,8-12,16,20-23H,4-5,7,13-15,17-19,24-25H2,1-3H3,(H,43,44). The highest BCUT2D eigenvalue weighted by Gasteiger charge is 2.20. The summed E-state index contributed by atoms with van der Waals surface area (Å²) in [7, 11) is -0.444. The van der Waals surface area contributed by atoms with Gasteiger partial charge in [-0.15, -0.1) is 0 Å². The van der Waals surface area contributed by atoms with Gasteiger partial charge in [0.15, 0.2) is 39.4 Å². The third kappa shape index (κ3) is 9.96. The number of benzene rings is 3. The van der Waals surface area contributed by atoms with Crippen LogP contribution in [-0.4, -0.2) is 105 Å². The van der Waals surface area contributed by atoms with Crippen LogP contribution in [0.5, 0.6) is 23.0 Å². The third-order valence-electron chi connectivity index (χ3n) is 8.61. The number of sulfone groups is 1. The first-order chi connectivity index (χ1) is 25.0. The van der Waals surface area contributed by atoms with Crippen LogP contribution in [0.3, 0.4) is 0 Å². The zero-order valence-corrected chi connectivity index (χ0v) is 31.0. The Morgan fingerprint density at radius 1 is 0.942 bits per heavy atom. The summed E-state index contributed by atoms with van der Waals surface area (Å²) in [5, 5.41) is 9.33. The van der Waals surface area contributed by atoms with Crippen LogP contribution in [-0.2, 0) is 27.7 Å². The van der Waals surface area contributed by atoms with Gasteiger partial charge in [0.2, 0.25) is 0 Å². The number of carboxylic acid groups (broad SMARTS) is 1. The fourth-order valence-corrected chi connectivity index (χ4v) is 6.98. The molecule has 5 rings (SSSR count). The SMILES string of the molecule is COc1ccc2cc1OCCCN(C(=O)c1cccc(S(C)(=O)=O)c1)CCCCN(Cc1cc(Cl)c(OCC(=O)O)c(OC)c1)CCn1ccnc1-2. The highest BCUT2D eigenvalue weighted by atomic mass is 35.5. The first-order valence-electron chi connectivity index (χ1n) is 16.8. The molecule has 0 atom stereocenters. The molecule has 0 radical (unpaired) electrons. The molecule has 0 spiro atoms. The fourth-order valence-electron chi connectivity index (χ4n) is 6.03. The summed E-state index contributed by atoms with van der Waals surface area (Å²) in [4.78, 5) is 33.7. The van der Waals surface area contributed by atoms with Crippen LogP contribution in [0.25, 0.3) is 11.4 Å². The van der Waals surface area contributed by atoms with E-state index in [2.05, 4.69) is 14.5 Å². The van der Waals surface area contributed by atoms with Crippen molar-refractivity contribution in [3.8, 4) is 34.4 Å². The fraction of sp³-hybridized carbons (Fsp3) is 0.378. The van der Waals surface area contributed by atoms with E-state index < -0.39 is 22.4 Å². The maximum atomic E-state index is 13.8. The van der Waals surface area contributed by atoms with Crippen LogP contribution in [0.4, 0.5) is 0 Å². The molecule has 0 fully saturated rings. The molecule has 1 aliphatic heterocycles. The number of rotatable bonds is 9. The van der Waals surface area contributed by atoms with Gasteiger partial charge in [-0.2, -0.15) is 0 Å². The zero-order valence-electron chi connectivity index (χ0n) is 29.4. The lowest BCUT2D eigenvalue weighted by atomic mass is 10.1. The van der Waals surface area contributed by atoms with Crippen molar-refractivity contribution in [2.75, 3.05) is 59.9 Å². The van der Waals surface area contributed by atoms with Crippen LogP contribution < -0.4 is 18.9 Å². The van der Waals surface area contributed by atoms with Gasteiger partial charge in [0.25, 0.3) is 5.91 Å². The molecule has 1 aromatic heterocycles. The summed E-state index contributed by atoms with van der Waals surface area (Å²) in [5.74, 6) is 1.02. The average molecular weight is 755 g/mol. The van der Waals surface area contributed by atoms with Gasteiger partial charge in [-0.3, -0.25) is 9.69 Å². The van der Waals surface area contributed by atoms with Crippen LogP contribution in [0.1, 0.15) is 35.2 Å². The van der Waals surface area contributed by atoms with Gasteiger partial charge in [0.1, 0.15) is 5.82 Å². The first-order valence-corrected chi connectivity index (χ1v) is 19.1. The smallest absolute Gasteiger partial charge is 0.341 e. The second kappa shape index (κ2) is 17.6. The summed E-state index contributed by atoms with van der Waals surface area (Å²) in [6.07, 6.45) is 6.79. The van der Waals surface area contributed by atoms with E-state index in [9.17, 15) is 18.0 Å². The van der Waals surface area contributed by atoms with Crippen LogP contribution >= 0.6 is 11.6 Å². The zero-order chi connectivity index (χ0) is 37.3. The molecule has 3 aromatic carbocycles. The maximum absolute atomic E-state index is 13.8. The van der Waals surface area contributed by atoms with Crippen molar-refractivity contribution in [3.63, 3.8) is 0 Å². The van der Waals surface area contributed by atoms with Crippen molar-refractivity contribution in [2.24, 2.45) is 0 Å². The maximum Gasteiger partial charge on any atom is 0.341 e. The Hall–Kier alpha value is -4.79. The van der Waals surface area contributed by atoms with Crippen molar-refractivity contribution >= 4 is 33.3 Å². The van der Waals surface area contributed by atoms with E-state index in [1.165, 1.54) is 19.2 Å². The molecule has 0 saturated carbocycles. The van der Waals surface area contributed by atoms with Crippen molar-refractivity contribution in [3.05, 3.63) is 83.1 Å². The van der Waals surface area contributed by atoms with Crippen LogP contribution in [0.15, 0.2) is 71.9 Å². The number of aromatic nitrogens is 2. The topological polar surface area (TPSA) is 150 Å². The monoisotopic (exact) mass is 754 g/mol. The molecule has 1 aliphatic rings. The van der Waals surface area contributed by atoms with Gasteiger partial charge < -0.3 is 33.5 Å². The number of halogens is 1. The number of hydrogen-bond acceptors (Lipinski definition) is 10. The van der Waals surface area contributed by atoms with E-state index >= 15 is 0 Å². The van der Waals surface area contributed by atoms with Gasteiger partial charge >= 0.3 is 5.97 Å². The molecule has 0 aliphatic carbocycles. The lowest BCUT2D eigenvalue weighted by molar-refractivity contribution is -0.139. The minimum Gasteiger partial charge on any atom is -0.493 e. The Morgan fingerprint density at radius 2 is 1.71 bits per heavy atom. The molecule has 1 N–H and O–H groups in total. The predicted molar refractivity (Wildman–Crippen MR) is 195 cm³/mol. The Kier molecular flexibility index (Phi) is 13.0. The molecule has 15 heteroatoms. The van der Waals surface area contributed by atoms with Gasteiger partial charge in [-0.05, 0) is 79.9 Å². The molecule has 13 nitrogen and oxygen atoms in total. The van der Waals surface area contributed by atoms with Gasteiger partial charge in [-0.25, -0.2) is 18.2 Å². The first kappa shape index (κ1) is 38.4. The number of carbonyl (C=O) groups is 2. The molecule has 52 heavy (non-hydrogen) atoms. The van der Waals surface area contributed by atoms with E-state index in [1.54, 1.807) is 42.5 Å². The van der Waals surface area contributed by atoms with Gasteiger partial charge in [-0.1, -0.05) is 17.7 Å². The summed E-state index contributed by atoms with van der Waals surface area (Å²) in [6.45, 7) is 3.05. The molecule has 0 saturated heterocycles. The number of carboxylic acids is 1. The number of fused-ring (bicyclic) bond motifs is 4. The summed E-state index contributed by atoms with van der Waals surface area (Å²) in [5.41, 5.74) is 2.01. The van der Waals surface area contributed by atoms with E-state index in [4.69, 9.17) is 35.7 Å². The van der Waals surface area contributed by atoms with Gasteiger partial charge in [0.05, 0.1) is 30.7 Å². The Bertz CT molecular complexity index is 1990. The molecule has 4 aromatic rings. The summed E-state index contributed by atoms with van der Waals surface area (Å²) >= 11 is 6.55. The third-order valence-corrected chi connectivity index (χ3v) is 10.00. The highest BCUT2D eigenvalue weighted by molar-refractivity contribution is 7.90. The molecule has 0 unspecified atom stereocenters. The number of methoxy groups -OCH3 is 2. The minimum atomic E-state index is -3.50. The van der Waals surface area contributed by atoms with E-state index in [1.807, 2.05) is 24.4 Å². The van der Waals surface area contributed by atoms with Crippen molar-refractivity contribution < 1.29 is 42.1 Å². The van der Waals surface area contributed by atoms with Crippen molar-refractivity contribution in [1.82, 2.24) is 19.4 Å². The second-order valence-electron chi connectivity index (χ2n) is 12.4.